The van der Waals surface area contributed by atoms with Gasteiger partial charge in [0.25, 0.3) is 0 Å². The Kier molecular flexibility index (Phi) is 9.23. The lowest BCUT2D eigenvalue weighted by Crippen LogP contribution is -2.02. The van der Waals surface area contributed by atoms with Gasteiger partial charge in [-0.1, -0.05) is 39.3 Å². The van der Waals surface area contributed by atoms with Gasteiger partial charge in [-0.15, -0.1) is 0 Å². The highest BCUT2D eigenvalue weighted by atomic mass is 16.5. The molecule has 0 bridgehead atoms. The zero-order valence-corrected chi connectivity index (χ0v) is 12.4. The molecule has 0 aromatic heterocycles. The molecule has 0 spiro atoms. The summed E-state index contributed by atoms with van der Waals surface area (Å²) in [7, 11) is 1.36. The van der Waals surface area contributed by atoms with Crippen molar-refractivity contribution < 1.29 is 14.3 Å². The van der Waals surface area contributed by atoms with E-state index < -0.39 is 0 Å². The summed E-state index contributed by atoms with van der Waals surface area (Å²) in [5.41, 5.74) is 1.43. The number of methoxy groups -OCH3 is 1. The number of hydrogen-bond acceptors (Lipinski definition) is 3. The van der Waals surface area contributed by atoms with Gasteiger partial charge in [-0.2, -0.15) is 0 Å². The molecule has 106 valence electrons. The van der Waals surface area contributed by atoms with E-state index >= 15 is 0 Å². The first-order chi connectivity index (χ1) is 9.10. The van der Waals surface area contributed by atoms with Crippen molar-refractivity contribution in [2.45, 2.75) is 33.6 Å². The number of rotatable bonds is 5. The number of hydrogen-bond donors (Lipinski definition) is 0. The van der Waals surface area contributed by atoms with Crippen LogP contribution in [0.2, 0.25) is 0 Å². The molecule has 1 aromatic carbocycles. The van der Waals surface area contributed by atoms with Crippen LogP contribution in [0.4, 0.5) is 0 Å². The summed E-state index contributed by atoms with van der Waals surface area (Å²) in [5.74, 6) is 0.413. The summed E-state index contributed by atoms with van der Waals surface area (Å²) in [6.07, 6.45) is 4.31. The van der Waals surface area contributed by atoms with Crippen LogP contribution in [0.5, 0.6) is 5.75 Å². The van der Waals surface area contributed by atoms with Gasteiger partial charge < -0.3 is 9.47 Å². The molecule has 0 unspecified atom stereocenters. The van der Waals surface area contributed by atoms with Crippen molar-refractivity contribution in [3.05, 3.63) is 42.0 Å². The Labute approximate surface area is 116 Å². The summed E-state index contributed by atoms with van der Waals surface area (Å²) in [4.78, 5) is 11.2. The lowest BCUT2D eigenvalue weighted by molar-refractivity contribution is 0.0600. The van der Waals surface area contributed by atoms with Crippen LogP contribution < -0.4 is 4.74 Å². The zero-order valence-electron chi connectivity index (χ0n) is 12.4. The van der Waals surface area contributed by atoms with Gasteiger partial charge in [0, 0.05) is 0 Å². The average Bonchev–Trinajstić information content (AvgIpc) is 2.45. The maximum atomic E-state index is 11.2. The lowest BCUT2D eigenvalue weighted by atomic mass is 10.1. The maximum Gasteiger partial charge on any atom is 0.337 e. The molecule has 0 atom stereocenters. The van der Waals surface area contributed by atoms with Gasteiger partial charge in [0.1, 0.15) is 12.4 Å². The minimum absolute atomic E-state index is 0.339. The molecule has 19 heavy (non-hydrogen) atoms. The fourth-order valence-corrected chi connectivity index (χ4v) is 1.20. The van der Waals surface area contributed by atoms with Gasteiger partial charge in [-0.05, 0) is 30.7 Å². The van der Waals surface area contributed by atoms with Crippen LogP contribution in [0, 0.1) is 6.92 Å². The van der Waals surface area contributed by atoms with E-state index in [0.717, 1.165) is 11.3 Å². The molecule has 0 N–H and O–H groups in total. The topological polar surface area (TPSA) is 35.5 Å². The predicted molar refractivity (Wildman–Crippen MR) is 78.8 cm³/mol. The molecule has 0 radical (unpaired) electrons. The van der Waals surface area contributed by atoms with E-state index in [9.17, 15) is 4.79 Å². The summed E-state index contributed by atoms with van der Waals surface area (Å²) >= 11 is 0. The first-order valence-electron chi connectivity index (χ1n) is 6.53. The molecular formula is C16H24O3. The molecule has 0 heterocycles. The molecule has 0 fully saturated rings. The van der Waals surface area contributed by atoms with Crippen LogP contribution in [-0.2, 0) is 4.74 Å². The van der Waals surface area contributed by atoms with Crippen LogP contribution in [0.15, 0.2) is 30.9 Å². The van der Waals surface area contributed by atoms with Crippen molar-refractivity contribution in [3.8, 4) is 5.75 Å². The van der Waals surface area contributed by atoms with Gasteiger partial charge in [0.05, 0.1) is 12.7 Å². The van der Waals surface area contributed by atoms with Crippen molar-refractivity contribution in [3.63, 3.8) is 0 Å². The third-order valence-electron chi connectivity index (χ3n) is 2.45. The summed E-state index contributed by atoms with van der Waals surface area (Å²) in [5, 5.41) is 0. The van der Waals surface area contributed by atoms with Gasteiger partial charge in [0.2, 0.25) is 0 Å². The Morgan fingerprint density at radius 1 is 1.32 bits per heavy atom. The molecule has 1 aromatic rings. The number of unbranched alkanes of at least 4 members (excludes halogenated alkanes) is 1. The van der Waals surface area contributed by atoms with Crippen LogP contribution in [0.3, 0.4) is 0 Å². The third-order valence-corrected chi connectivity index (χ3v) is 2.45. The van der Waals surface area contributed by atoms with Crippen LogP contribution in [-0.4, -0.2) is 19.7 Å². The van der Waals surface area contributed by atoms with Crippen LogP contribution in [0.1, 0.15) is 42.6 Å². The van der Waals surface area contributed by atoms with Gasteiger partial charge in [0.15, 0.2) is 0 Å². The number of ether oxygens (including phenoxy) is 2. The van der Waals surface area contributed by atoms with E-state index in [1.807, 2.05) is 6.92 Å². The third kappa shape index (κ3) is 6.65. The molecule has 0 aliphatic carbocycles. The normalized spacial score (nSPS) is 9.05. The Bertz CT molecular complexity index is 395. The van der Waals surface area contributed by atoms with E-state index in [2.05, 4.69) is 25.2 Å². The summed E-state index contributed by atoms with van der Waals surface area (Å²) in [6, 6.07) is 5.17. The molecule has 0 saturated carbocycles. The van der Waals surface area contributed by atoms with E-state index in [0.29, 0.717) is 12.2 Å². The van der Waals surface area contributed by atoms with Crippen LogP contribution >= 0.6 is 0 Å². The van der Waals surface area contributed by atoms with Crippen molar-refractivity contribution in [1.82, 2.24) is 0 Å². The first kappa shape index (κ1) is 17.2. The number of carbonyl (C=O) groups excluding carboxylic acids is 1. The number of aryl methyl sites for hydroxylation is 1. The number of esters is 1. The first-order valence-corrected chi connectivity index (χ1v) is 6.53. The van der Waals surface area contributed by atoms with Gasteiger partial charge in [-0.3, -0.25) is 0 Å². The van der Waals surface area contributed by atoms with Crippen LogP contribution in [0.25, 0.3) is 0 Å². The summed E-state index contributed by atoms with van der Waals surface area (Å²) in [6.45, 7) is 10.3. The van der Waals surface area contributed by atoms with E-state index in [-0.39, 0.29) is 5.97 Å². The highest BCUT2D eigenvalue weighted by Gasteiger charge is 2.07. The van der Waals surface area contributed by atoms with Gasteiger partial charge >= 0.3 is 5.97 Å². The summed E-state index contributed by atoms with van der Waals surface area (Å²) < 4.78 is 10.0. The second-order valence-corrected chi connectivity index (χ2v) is 4.07. The highest BCUT2D eigenvalue weighted by molar-refractivity contribution is 5.89. The minimum atomic E-state index is -0.339. The van der Waals surface area contributed by atoms with Crippen molar-refractivity contribution >= 4 is 5.97 Å². The monoisotopic (exact) mass is 264 g/mol. The fraction of sp³-hybridized carbons (Fsp3) is 0.438. The average molecular weight is 264 g/mol. The molecule has 0 amide bonds. The Hall–Kier alpha value is -1.77. The van der Waals surface area contributed by atoms with Crippen molar-refractivity contribution in [2.24, 2.45) is 0 Å². The second-order valence-electron chi connectivity index (χ2n) is 4.07. The zero-order chi connectivity index (χ0) is 14.7. The molecular weight excluding hydrogens is 240 g/mol. The number of carbonyl (C=O) groups is 1. The second kappa shape index (κ2) is 10.2. The number of benzene rings is 1. The Morgan fingerprint density at radius 2 is 1.95 bits per heavy atom. The Morgan fingerprint density at radius 3 is 2.37 bits per heavy atom. The van der Waals surface area contributed by atoms with E-state index in [4.69, 9.17) is 4.74 Å². The lowest BCUT2D eigenvalue weighted by Gasteiger charge is -2.08. The van der Waals surface area contributed by atoms with E-state index in [1.165, 1.54) is 20.0 Å². The highest BCUT2D eigenvalue weighted by Crippen LogP contribution is 2.19. The predicted octanol–water partition coefficient (Wildman–Crippen LogP) is 4.15. The molecule has 3 nitrogen and oxygen atoms in total. The maximum absolute atomic E-state index is 11.2. The van der Waals surface area contributed by atoms with Crippen molar-refractivity contribution in [2.75, 3.05) is 13.7 Å². The SMILES string of the molecule is C=CCOc1ccc(C(=O)OC)cc1C.CCCC. The smallest absolute Gasteiger partial charge is 0.337 e. The molecule has 3 heteroatoms. The fourth-order valence-electron chi connectivity index (χ4n) is 1.20. The van der Waals surface area contributed by atoms with Crippen molar-refractivity contribution in [1.29, 1.82) is 0 Å². The Balaban J connectivity index is 0.000000711. The molecule has 1 rings (SSSR count). The standard InChI is InChI=1S/C12H14O3.C4H10/c1-4-7-15-11-6-5-10(8-9(11)2)12(13)14-3;1-3-4-2/h4-6,8H,1,7H2,2-3H3;3-4H2,1-2H3. The van der Waals surface area contributed by atoms with E-state index in [1.54, 1.807) is 24.3 Å². The largest absolute Gasteiger partial charge is 0.489 e. The van der Waals surface area contributed by atoms with Gasteiger partial charge in [-0.25, -0.2) is 4.79 Å². The molecule has 0 saturated heterocycles. The minimum Gasteiger partial charge on any atom is -0.489 e. The quantitative estimate of drug-likeness (QED) is 0.592. The molecule has 0 aliphatic heterocycles. The molecule has 0 aliphatic rings.